The number of benzene rings is 2. The van der Waals surface area contributed by atoms with Crippen LogP contribution in [0.2, 0.25) is 5.02 Å². The predicted molar refractivity (Wildman–Crippen MR) is 83.9 cm³/mol. The summed E-state index contributed by atoms with van der Waals surface area (Å²) >= 11 is 5.81. The molecule has 0 radical (unpaired) electrons. The number of hydrogen-bond acceptors (Lipinski definition) is 3. The van der Waals surface area contributed by atoms with Crippen LogP contribution in [0.5, 0.6) is 5.88 Å². The van der Waals surface area contributed by atoms with E-state index in [4.69, 9.17) is 11.6 Å². The number of fused-ring (bicyclic) bond motifs is 1. The highest BCUT2D eigenvalue weighted by atomic mass is 35.5. The Morgan fingerprint density at radius 2 is 1.62 bits per heavy atom. The van der Waals surface area contributed by atoms with Crippen LogP contribution in [-0.4, -0.2) is 18.5 Å². The zero-order valence-electron chi connectivity index (χ0n) is 11.8. The number of alkyl halides is 3. The van der Waals surface area contributed by atoms with Gasteiger partial charge in [-0.1, -0.05) is 29.8 Å². The lowest BCUT2D eigenvalue weighted by atomic mass is 10.2. The molecule has 0 amide bonds. The normalized spacial score (nSPS) is 12.5. The summed E-state index contributed by atoms with van der Waals surface area (Å²) in [5.74, 6) is -0.462. The number of aromatic nitrogens is 1. The largest absolute Gasteiger partial charge is 0.534 e. The van der Waals surface area contributed by atoms with E-state index in [1.54, 1.807) is 36.4 Å². The minimum absolute atomic E-state index is 0.410. The summed E-state index contributed by atoms with van der Waals surface area (Å²) in [7, 11) is -5.78. The molecule has 0 bridgehead atoms. The molecule has 24 heavy (non-hydrogen) atoms. The van der Waals surface area contributed by atoms with Crippen LogP contribution in [-0.2, 0) is 10.1 Å². The van der Waals surface area contributed by atoms with Crippen LogP contribution in [0.1, 0.15) is 0 Å². The van der Waals surface area contributed by atoms with Gasteiger partial charge in [0.1, 0.15) is 0 Å². The van der Waals surface area contributed by atoms with Gasteiger partial charge in [0, 0.05) is 22.2 Å². The van der Waals surface area contributed by atoms with Crippen LogP contribution < -0.4 is 4.18 Å². The topological polar surface area (TPSA) is 48.3 Å². The Balaban J connectivity index is 2.21. The third-order valence-electron chi connectivity index (χ3n) is 3.24. The summed E-state index contributed by atoms with van der Waals surface area (Å²) < 4.78 is 66.2. The van der Waals surface area contributed by atoms with E-state index < -0.39 is 21.5 Å². The number of halogens is 4. The molecule has 0 spiro atoms. The standard InChI is InChI=1S/C15H9ClF3NO3S/c16-11-5-7-12(8-6-11)20-13-4-2-1-3-10(13)9-14(20)23-24(21,22)15(17,18)19/h1-9H. The molecule has 0 fully saturated rings. The molecular formula is C15H9ClF3NO3S. The molecule has 9 heteroatoms. The molecule has 0 saturated carbocycles. The summed E-state index contributed by atoms with van der Waals surface area (Å²) in [5, 5.41) is 0.959. The zero-order valence-corrected chi connectivity index (χ0v) is 13.4. The van der Waals surface area contributed by atoms with Crippen LogP contribution in [0.15, 0.2) is 54.6 Å². The van der Waals surface area contributed by atoms with Crippen LogP contribution in [0.25, 0.3) is 16.6 Å². The number of rotatable bonds is 3. The van der Waals surface area contributed by atoms with Crippen molar-refractivity contribution in [3.8, 4) is 11.6 Å². The van der Waals surface area contributed by atoms with Crippen molar-refractivity contribution in [2.45, 2.75) is 5.51 Å². The van der Waals surface area contributed by atoms with Crippen molar-refractivity contribution >= 4 is 32.6 Å². The van der Waals surface area contributed by atoms with Crippen molar-refractivity contribution < 1.29 is 25.8 Å². The van der Waals surface area contributed by atoms with Crippen LogP contribution >= 0.6 is 11.6 Å². The second-order valence-electron chi connectivity index (χ2n) is 4.84. The summed E-state index contributed by atoms with van der Waals surface area (Å²) in [5.41, 5.74) is -4.62. The molecule has 4 nitrogen and oxygen atoms in total. The fourth-order valence-corrected chi connectivity index (χ4v) is 2.77. The van der Waals surface area contributed by atoms with E-state index in [2.05, 4.69) is 4.18 Å². The highest BCUT2D eigenvalue weighted by Crippen LogP contribution is 2.33. The Kier molecular flexibility index (Phi) is 3.97. The quantitative estimate of drug-likeness (QED) is 0.500. The summed E-state index contributed by atoms with van der Waals surface area (Å²) in [4.78, 5) is 0. The van der Waals surface area contributed by atoms with Gasteiger partial charge >= 0.3 is 15.6 Å². The molecule has 126 valence electrons. The summed E-state index contributed by atoms with van der Waals surface area (Å²) in [6.07, 6.45) is 0. The van der Waals surface area contributed by atoms with Crippen molar-refractivity contribution in [1.82, 2.24) is 4.57 Å². The van der Waals surface area contributed by atoms with Gasteiger partial charge in [-0.3, -0.25) is 4.57 Å². The smallest absolute Gasteiger partial charge is 0.357 e. The molecule has 3 rings (SSSR count). The number of hydrogen-bond donors (Lipinski definition) is 0. The highest BCUT2D eigenvalue weighted by molar-refractivity contribution is 7.87. The van der Waals surface area contributed by atoms with E-state index in [9.17, 15) is 21.6 Å². The molecule has 2 aromatic carbocycles. The lowest BCUT2D eigenvalue weighted by Crippen LogP contribution is -2.28. The Morgan fingerprint density at radius 1 is 1.00 bits per heavy atom. The molecule has 0 saturated heterocycles. The van der Waals surface area contributed by atoms with Crippen molar-refractivity contribution in [3.05, 3.63) is 59.6 Å². The first-order chi connectivity index (χ1) is 11.2. The maximum atomic E-state index is 12.6. The van der Waals surface area contributed by atoms with Gasteiger partial charge in [-0.2, -0.15) is 21.6 Å². The first-order valence-corrected chi connectivity index (χ1v) is 8.35. The van der Waals surface area contributed by atoms with Crippen LogP contribution in [0.3, 0.4) is 0 Å². The Bertz CT molecular complexity index is 995. The van der Waals surface area contributed by atoms with Gasteiger partial charge in [0.05, 0.1) is 5.52 Å². The lowest BCUT2D eigenvalue weighted by molar-refractivity contribution is -0.0501. The SMILES string of the molecule is O=S(=O)(Oc1cc2ccccc2n1-c1ccc(Cl)cc1)C(F)(F)F. The molecular weight excluding hydrogens is 367 g/mol. The molecule has 0 N–H and O–H groups in total. The third kappa shape index (κ3) is 2.94. The fourth-order valence-electron chi connectivity index (χ4n) is 2.21. The van der Waals surface area contributed by atoms with Gasteiger partial charge in [-0.15, -0.1) is 0 Å². The van der Waals surface area contributed by atoms with Gasteiger partial charge in [-0.25, -0.2) is 0 Å². The van der Waals surface area contributed by atoms with E-state index in [0.29, 0.717) is 21.6 Å². The maximum Gasteiger partial charge on any atom is 0.534 e. The fraction of sp³-hybridized carbons (Fsp3) is 0.0667. The molecule has 3 aromatic rings. The van der Waals surface area contributed by atoms with Gasteiger partial charge < -0.3 is 4.18 Å². The lowest BCUT2D eigenvalue weighted by Gasteiger charge is -2.13. The predicted octanol–water partition coefficient (Wildman–Crippen LogP) is 4.51. The van der Waals surface area contributed by atoms with E-state index in [1.165, 1.54) is 22.8 Å². The minimum atomic E-state index is -5.78. The van der Waals surface area contributed by atoms with Crippen molar-refractivity contribution in [2.24, 2.45) is 0 Å². The Hall–Kier alpha value is -2.19. The molecule has 0 aliphatic carbocycles. The molecule has 1 heterocycles. The van der Waals surface area contributed by atoms with Crippen molar-refractivity contribution in [3.63, 3.8) is 0 Å². The highest BCUT2D eigenvalue weighted by Gasteiger charge is 2.49. The average molecular weight is 376 g/mol. The number of para-hydroxylation sites is 1. The number of nitrogens with zero attached hydrogens (tertiary/aromatic N) is 1. The average Bonchev–Trinajstić information content (AvgIpc) is 2.84. The second-order valence-corrected chi connectivity index (χ2v) is 6.81. The van der Waals surface area contributed by atoms with Crippen molar-refractivity contribution in [1.29, 1.82) is 0 Å². The minimum Gasteiger partial charge on any atom is -0.357 e. The monoisotopic (exact) mass is 375 g/mol. The van der Waals surface area contributed by atoms with E-state index in [1.807, 2.05) is 0 Å². The summed E-state index contributed by atoms with van der Waals surface area (Å²) in [6, 6.07) is 14.0. The van der Waals surface area contributed by atoms with Crippen LogP contribution in [0.4, 0.5) is 13.2 Å². The van der Waals surface area contributed by atoms with Gasteiger partial charge in [0.2, 0.25) is 5.88 Å². The molecule has 0 aliphatic heterocycles. The Morgan fingerprint density at radius 3 is 2.25 bits per heavy atom. The van der Waals surface area contributed by atoms with E-state index >= 15 is 0 Å². The zero-order chi connectivity index (χ0) is 17.5. The molecule has 1 aromatic heterocycles. The first kappa shape index (κ1) is 16.7. The van der Waals surface area contributed by atoms with Crippen molar-refractivity contribution in [2.75, 3.05) is 0 Å². The first-order valence-electron chi connectivity index (χ1n) is 6.56. The van der Waals surface area contributed by atoms with Crippen LogP contribution in [0, 0.1) is 0 Å². The molecule has 0 unspecified atom stereocenters. The molecule has 0 aliphatic rings. The summed E-state index contributed by atoms with van der Waals surface area (Å²) in [6.45, 7) is 0. The molecule has 0 atom stereocenters. The van der Waals surface area contributed by atoms with Gasteiger partial charge in [0.15, 0.2) is 0 Å². The second kappa shape index (κ2) is 5.71. The third-order valence-corrected chi connectivity index (χ3v) is 4.45. The Labute approximate surface area is 140 Å². The van der Waals surface area contributed by atoms with Gasteiger partial charge in [0.25, 0.3) is 0 Å². The van der Waals surface area contributed by atoms with E-state index in [0.717, 1.165) is 0 Å². The van der Waals surface area contributed by atoms with Gasteiger partial charge in [-0.05, 0) is 30.3 Å². The van der Waals surface area contributed by atoms with E-state index in [-0.39, 0.29) is 0 Å². The maximum absolute atomic E-state index is 12.6.